The lowest BCUT2D eigenvalue weighted by molar-refractivity contribution is -0.164. The van der Waals surface area contributed by atoms with Gasteiger partial charge in [0.05, 0.1) is 11.1 Å². The van der Waals surface area contributed by atoms with E-state index in [0.717, 1.165) is 0 Å². The maximum atomic E-state index is 13.0. The van der Waals surface area contributed by atoms with E-state index in [1.807, 2.05) is 0 Å². The van der Waals surface area contributed by atoms with Crippen LogP contribution in [-0.2, 0) is 16.1 Å². The zero-order chi connectivity index (χ0) is 25.4. The lowest BCUT2D eigenvalue weighted by Crippen LogP contribution is -2.40. The smallest absolute Gasteiger partial charge is 0.406 e. The lowest BCUT2D eigenvalue weighted by Gasteiger charge is -2.24. The molecule has 0 aliphatic rings. The molecule has 6 nitrogen and oxygen atoms in total. The van der Waals surface area contributed by atoms with Gasteiger partial charge in [0.2, 0.25) is 0 Å². The maximum Gasteiger partial charge on any atom is 0.406 e. The number of carbonyl (C=O) groups is 3. The average molecular weight is 484 g/mol. The molecule has 9 heteroatoms. The first-order chi connectivity index (χ1) is 16.7. The zero-order valence-electron chi connectivity index (χ0n) is 18.9. The molecule has 0 aliphatic heterocycles. The Morgan fingerprint density at radius 1 is 0.800 bits per heavy atom. The van der Waals surface area contributed by atoms with Crippen LogP contribution in [0, 0.1) is 0 Å². The van der Waals surface area contributed by atoms with E-state index in [-0.39, 0.29) is 17.7 Å². The molecule has 3 aromatic carbocycles. The number of hydrogen-bond acceptors (Lipinski definition) is 4. The van der Waals surface area contributed by atoms with Gasteiger partial charge >= 0.3 is 12.1 Å². The van der Waals surface area contributed by atoms with Gasteiger partial charge in [-0.3, -0.25) is 9.59 Å². The van der Waals surface area contributed by atoms with Crippen molar-refractivity contribution in [3.05, 3.63) is 102 Å². The van der Waals surface area contributed by atoms with E-state index in [0.29, 0.717) is 16.2 Å². The van der Waals surface area contributed by atoms with Crippen LogP contribution >= 0.6 is 0 Å². The van der Waals surface area contributed by atoms with Crippen molar-refractivity contribution in [1.82, 2.24) is 4.90 Å². The molecule has 3 aromatic rings. The molecule has 0 N–H and O–H groups in total. The van der Waals surface area contributed by atoms with E-state index in [4.69, 9.17) is 4.74 Å². The minimum absolute atomic E-state index is 0.0349. The second-order valence-corrected chi connectivity index (χ2v) is 7.67. The molecule has 0 saturated carbocycles. The fourth-order valence-electron chi connectivity index (χ4n) is 3.35. The number of anilines is 1. The van der Waals surface area contributed by atoms with Gasteiger partial charge < -0.3 is 14.5 Å². The zero-order valence-corrected chi connectivity index (χ0v) is 18.9. The van der Waals surface area contributed by atoms with Crippen LogP contribution in [0.4, 0.5) is 18.9 Å². The normalized spacial score (nSPS) is 11.0. The molecule has 0 unspecified atom stereocenters. The highest BCUT2D eigenvalue weighted by Crippen LogP contribution is 2.20. The van der Waals surface area contributed by atoms with Crippen molar-refractivity contribution in [2.24, 2.45) is 0 Å². The van der Waals surface area contributed by atoms with E-state index in [2.05, 4.69) is 0 Å². The summed E-state index contributed by atoms with van der Waals surface area (Å²) in [6, 6.07) is 22.8. The number of carbonyl (C=O) groups excluding carboxylic acids is 3. The summed E-state index contributed by atoms with van der Waals surface area (Å²) < 4.78 is 44.2. The number of amides is 2. The Balaban J connectivity index is 1.72. The van der Waals surface area contributed by atoms with Crippen molar-refractivity contribution < 1.29 is 32.3 Å². The number of hydrogen-bond donors (Lipinski definition) is 0. The summed E-state index contributed by atoms with van der Waals surface area (Å²) in [4.78, 5) is 40.2. The number of alkyl halides is 3. The third-order valence-electron chi connectivity index (χ3n) is 5.09. The summed E-state index contributed by atoms with van der Waals surface area (Å²) in [5, 5.41) is 0. The number of benzene rings is 3. The molecular weight excluding hydrogens is 461 g/mol. The first-order valence-corrected chi connectivity index (χ1v) is 10.6. The van der Waals surface area contributed by atoms with Gasteiger partial charge in [0.1, 0.15) is 6.54 Å². The van der Waals surface area contributed by atoms with Crippen molar-refractivity contribution in [2.75, 3.05) is 25.1 Å². The largest absolute Gasteiger partial charge is 0.452 e. The second-order valence-electron chi connectivity index (χ2n) is 7.67. The van der Waals surface area contributed by atoms with Gasteiger partial charge in [-0.15, -0.1) is 0 Å². The SMILES string of the molecule is CN(C(=O)c1ccccc1C(=O)OCC(=O)N(Cc1ccccc1)CC(F)(F)F)c1ccccc1. The number of halogens is 3. The Morgan fingerprint density at radius 3 is 1.94 bits per heavy atom. The van der Waals surface area contributed by atoms with Crippen molar-refractivity contribution in [2.45, 2.75) is 12.7 Å². The van der Waals surface area contributed by atoms with Gasteiger partial charge in [0, 0.05) is 19.3 Å². The number of nitrogens with zero attached hydrogens (tertiary/aromatic N) is 2. The Kier molecular flexibility index (Phi) is 8.25. The molecule has 0 aliphatic carbocycles. The highest BCUT2D eigenvalue weighted by Gasteiger charge is 2.33. The molecule has 0 saturated heterocycles. The van der Waals surface area contributed by atoms with Crippen LogP contribution in [0.25, 0.3) is 0 Å². The van der Waals surface area contributed by atoms with Crippen LogP contribution in [0.5, 0.6) is 0 Å². The topological polar surface area (TPSA) is 66.9 Å². The standard InChI is InChI=1S/C26H23F3N2O4/c1-30(20-12-6-3-7-13-20)24(33)21-14-8-9-15-22(21)25(34)35-17-23(32)31(18-26(27,28)29)16-19-10-4-2-5-11-19/h2-15H,16-18H2,1H3. The summed E-state index contributed by atoms with van der Waals surface area (Å²) >= 11 is 0. The van der Waals surface area contributed by atoms with Crippen LogP contribution in [-0.4, -0.2) is 49.1 Å². The minimum atomic E-state index is -4.63. The second kappa shape index (κ2) is 11.3. The van der Waals surface area contributed by atoms with Crippen molar-refractivity contribution in [3.8, 4) is 0 Å². The Morgan fingerprint density at radius 2 is 1.34 bits per heavy atom. The summed E-state index contributed by atoms with van der Waals surface area (Å²) in [6.07, 6.45) is -4.63. The van der Waals surface area contributed by atoms with E-state index < -0.39 is 37.1 Å². The van der Waals surface area contributed by atoms with E-state index >= 15 is 0 Å². The molecule has 0 atom stereocenters. The molecule has 182 valence electrons. The number of esters is 1. The molecule has 3 rings (SSSR count). The molecule has 0 radical (unpaired) electrons. The fraction of sp³-hybridized carbons (Fsp3) is 0.192. The van der Waals surface area contributed by atoms with Gasteiger partial charge in [-0.25, -0.2) is 4.79 Å². The van der Waals surface area contributed by atoms with Crippen molar-refractivity contribution in [3.63, 3.8) is 0 Å². The van der Waals surface area contributed by atoms with Crippen LogP contribution in [0.3, 0.4) is 0 Å². The lowest BCUT2D eigenvalue weighted by atomic mass is 10.1. The molecule has 0 bridgehead atoms. The molecule has 0 heterocycles. The summed E-state index contributed by atoms with van der Waals surface area (Å²) in [7, 11) is 1.54. The number of rotatable bonds is 8. The average Bonchev–Trinajstić information content (AvgIpc) is 2.86. The summed E-state index contributed by atoms with van der Waals surface area (Å²) in [5.41, 5.74) is 1.03. The molecule has 2 amide bonds. The number of ether oxygens (including phenoxy) is 1. The van der Waals surface area contributed by atoms with E-state index in [1.165, 1.54) is 23.1 Å². The molecule has 0 fully saturated rings. The van der Waals surface area contributed by atoms with Gasteiger partial charge in [-0.2, -0.15) is 13.2 Å². The fourth-order valence-corrected chi connectivity index (χ4v) is 3.35. The molecule has 0 spiro atoms. The monoisotopic (exact) mass is 484 g/mol. The van der Waals surface area contributed by atoms with Crippen LogP contribution in [0.15, 0.2) is 84.9 Å². The maximum absolute atomic E-state index is 13.0. The van der Waals surface area contributed by atoms with Crippen LogP contribution in [0.1, 0.15) is 26.3 Å². The predicted octanol–water partition coefficient (Wildman–Crippen LogP) is 4.71. The van der Waals surface area contributed by atoms with Gasteiger partial charge in [-0.1, -0.05) is 60.7 Å². The first-order valence-electron chi connectivity index (χ1n) is 10.6. The summed E-state index contributed by atoms with van der Waals surface area (Å²) in [5.74, 6) is -2.49. The molecule has 35 heavy (non-hydrogen) atoms. The predicted molar refractivity (Wildman–Crippen MR) is 124 cm³/mol. The Bertz CT molecular complexity index is 1170. The van der Waals surface area contributed by atoms with Crippen LogP contribution in [0.2, 0.25) is 0 Å². The van der Waals surface area contributed by atoms with Gasteiger partial charge in [0.25, 0.3) is 11.8 Å². The highest BCUT2D eigenvalue weighted by atomic mass is 19.4. The van der Waals surface area contributed by atoms with Crippen LogP contribution < -0.4 is 4.90 Å². The van der Waals surface area contributed by atoms with Crippen molar-refractivity contribution >= 4 is 23.5 Å². The highest BCUT2D eigenvalue weighted by molar-refractivity contribution is 6.12. The van der Waals surface area contributed by atoms with Gasteiger partial charge in [-0.05, 0) is 29.8 Å². The minimum Gasteiger partial charge on any atom is -0.452 e. The molecular formula is C26H23F3N2O4. The Labute approximate surface area is 200 Å². The summed E-state index contributed by atoms with van der Waals surface area (Å²) in [6.45, 7) is -2.69. The third-order valence-corrected chi connectivity index (χ3v) is 5.09. The number of para-hydroxylation sites is 1. The van der Waals surface area contributed by atoms with Gasteiger partial charge in [0.15, 0.2) is 6.61 Å². The molecule has 0 aromatic heterocycles. The first kappa shape index (κ1) is 25.5. The Hall–Kier alpha value is -4.14. The third kappa shape index (κ3) is 7.17. The quantitative estimate of drug-likeness (QED) is 0.435. The van der Waals surface area contributed by atoms with E-state index in [1.54, 1.807) is 73.8 Å². The van der Waals surface area contributed by atoms with E-state index in [9.17, 15) is 27.6 Å². The van der Waals surface area contributed by atoms with Crippen molar-refractivity contribution in [1.29, 1.82) is 0 Å².